The fourth-order valence-corrected chi connectivity index (χ4v) is 3.11. The van der Waals surface area contributed by atoms with Gasteiger partial charge in [-0.1, -0.05) is 35.5 Å². The third kappa shape index (κ3) is 13.2. The van der Waals surface area contributed by atoms with Crippen LogP contribution in [0.4, 0.5) is 0 Å². The van der Waals surface area contributed by atoms with Gasteiger partial charge in [-0.05, 0) is 0 Å². The monoisotopic (exact) mass is 582 g/mol. The fraction of sp³-hybridized carbons (Fsp3) is 0.400. The Labute approximate surface area is 243 Å². The van der Waals surface area contributed by atoms with E-state index in [4.69, 9.17) is 28.4 Å². The molecule has 0 aliphatic heterocycles. The molecule has 0 unspecified atom stereocenters. The molecular weight excluding hydrogens is 552 g/mol. The van der Waals surface area contributed by atoms with Gasteiger partial charge in [-0.25, -0.2) is 0 Å². The normalized spacial score (nSPS) is 9.29. The summed E-state index contributed by atoms with van der Waals surface area (Å²) in [6, 6.07) is 0. The van der Waals surface area contributed by atoms with Gasteiger partial charge in [0.2, 0.25) is 0 Å². The third-order valence-electron chi connectivity index (χ3n) is 4.76. The van der Waals surface area contributed by atoms with Crippen molar-refractivity contribution < 1.29 is 57.2 Å². The van der Waals surface area contributed by atoms with Gasteiger partial charge in [-0.15, -0.1) is 0 Å². The standard InChI is InChI=1S/C30H30O12/c1-19(31)37-13-7-10-25-26(11-8-14-38-20(2)32)29(17-41-23(5)35)30(18-42-24(6)36)27(12-9-15-39-21(3)33)28(25)16-40-22(4)34/h13-18H2,1-6H3. The average Bonchev–Trinajstić information content (AvgIpc) is 2.88. The number of benzene rings is 1. The zero-order chi connectivity index (χ0) is 31.7. The summed E-state index contributed by atoms with van der Waals surface area (Å²) in [5.74, 6) is 13.0. The van der Waals surface area contributed by atoms with Gasteiger partial charge in [0.1, 0.15) is 19.8 Å². The molecular formula is C30H30O12. The average molecular weight is 583 g/mol. The van der Waals surface area contributed by atoms with Gasteiger partial charge in [0.15, 0.2) is 19.8 Å². The molecule has 0 aliphatic carbocycles. The molecule has 0 spiro atoms. The van der Waals surface area contributed by atoms with Crippen LogP contribution < -0.4 is 0 Å². The molecule has 1 rings (SSSR count). The maximum absolute atomic E-state index is 11.8. The van der Waals surface area contributed by atoms with Crippen LogP contribution in [0.1, 0.15) is 74.9 Å². The maximum atomic E-state index is 11.8. The van der Waals surface area contributed by atoms with E-state index in [0.29, 0.717) is 0 Å². The predicted octanol–water partition coefficient (Wildman–Crippen LogP) is 1.62. The number of carbonyl (C=O) groups excluding carboxylic acids is 6. The first kappa shape index (κ1) is 34.7. The zero-order valence-electron chi connectivity index (χ0n) is 24.1. The van der Waals surface area contributed by atoms with Crippen LogP contribution in [-0.2, 0) is 77.0 Å². The summed E-state index contributed by atoms with van der Waals surface area (Å²) in [6.07, 6.45) is 0. The molecule has 0 N–H and O–H groups in total. The predicted molar refractivity (Wildman–Crippen MR) is 143 cm³/mol. The zero-order valence-corrected chi connectivity index (χ0v) is 24.1. The Hall–Kier alpha value is -5.28. The highest BCUT2D eigenvalue weighted by molar-refractivity contribution is 5.72. The summed E-state index contributed by atoms with van der Waals surface area (Å²) in [6.45, 7) is 5.18. The van der Waals surface area contributed by atoms with E-state index >= 15 is 0 Å². The Morgan fingerprint density at radius 2 is 0.667 bits per heavy atom. The number of carbonyl (C=O) groups is 6. The summed E-state index contributed by atoms with van der Waals surface area (Å²) in [7, 11) is 0. The van der Waals surface area contributed by atoms with Crippen LogP contribution in [0.3, 0.4) is 0 Å². The molecule has 0 fully saturated rings. The summed E-state index contributed by atoms with van der Waals surface area (Å²) < 4.78 is 30.5. The van der Waals surface area contributed by atoms with Crippen LogP contribution in [0.25, 0.3) is 0 Å². The molecule has 42 heavy (non-hydrogen) atoms. The van der Waals surface area contributed by atoms with Crippen molar-refractivity contribution in [2.75, 3.05) is 19.8 Å². The Morgan fingerprint density at radius 1 is 0.405 bits per heavy atom. The van der Waals surface area contributed by atoms with Crippen LogP contribution in [0.2, 0.25) is 0 Å². The summed E-state index contributed by atoms with van der Waals surface area (Å²) >= 11 is 0. The van der Waals surface area contributed by atoms with Crippen molar-refractivity contribution in [1.82, 2.24) is 0 Å². The first-order chi connectivity index (χ1) is 19.8. The quantitative estimate of drug-likeness (QED) is 0.236. The molecule has 12 nitrogen and oxygen atoms in total. The van der Waals surface area contributed by atoms with Crippen LogP contribution in [0.5, 0.6) is 0 Å². The Bertz CT molecular complexity index is 1420. The Kier molecular flexibility index (Phi) is 15.0. The highest BCUT2D eigenvalue weighted by atomic mass is 16.5. The lowest BCUT2D eigenvalue weighted by molar-refractivity contribution is -0.144. The van der Waals surface area contributed by atoms with E-state index in [0.717, 1.165) is 0 Å². The highest BCUT2D eigenvalue weighted by Gasteiger charge is 2.24. The first-order valence-corrected chi connectivity index (χ1v) is 12.3. The van der Waals surface area contributed by atoms with Crippen molar-refractivity contribution in [3.63, 3.8) is 0 Å². The minimum atomic E-state index is -0.638. The van der Waals surface area contributed by atoms with Crippen LogP contribution in [0.15, 0.2) is 0 Å². The lowest BCUT2D eigenvalue weighted by Gasteiger charge is -2.20. The second kappa shape index (κ2) is 18.1. The largest absolute Gasteiger partial charge is 0.461 e. The van der Waals surface area contributed by atoms with Crippen molar-refractivity contribution >= 4 is 35.8 Å². The van der Waals surface area contributed by atoms with Gasteiger partial charge in [0.05, 0.1) is 0 Å². The molecule has 0 radical (unpaired) electrons. The number of hydrogen-bond donors (Lipinski definition) is 0. The Balaban J connectivity index is 4.24. The Morgan fingerprint density at radius 3 is 1.00 bits per heavy atom. The number of hydrogen-bond acceptors (Lipinski definition) is 12. The number of esters is 6. The minimum absolute atomic E-state index is 0.157. The van der Waals surface area contributed by atoms with Crippen molar-refractivity contribution in [3.8, 4) is 35.5 Å². The number of rotatable bonds is 9. The molecule has 0 heterocycles. The summed E-state index contributed by atoms with van der Waals surface area (Å²) in [5, 5.41) is 0. The van der Waals surface area contributed by atoms with E-state index in [-0.39, 0.29) is 73.0 Å². The van der Waals surface area contributed by atoms with Gasteiger partial charge < -0.3 is 28.4 Å². The van der Waals surface area contributed by atoms with Gasteiger partial charge in [0, 0.05) is 74.9 Å². The number of ether oxygens (including phenoxy) is 6. The second-order valence-corrected chi connectivity index (χ2v) is 8.15. The third-order valence-corrected chi connectivity index (χ3v) is 4.76. The topological polar surface area (TPSA) is 158 Å². The fourth-order valence-electron chi connectivity index (χ4n) is 3.11. The second-order valence-electron chi connectivity index (χ2n) is 8.15. The molecule has 1 aromatic rings. The summed E-state index contributed by atoms with van der Waals surface area (Å²) in [5.41, 5.74) is 1.20. The van der Waals surface area contributed by atoms with E-state index in [1.807, 2.05) is 0 Å². The van der Waals surface area contributed by atoms with Crippen molar-refractivity contribution in [2.45, 2.75) is 61.4 Å². The van der Waals surface area contributed by atoms with E-state index in [1.54, 1.807) is 0 Å². The van der Waals surface area contributed by atoms with Gasteiger partial charge in [-0.3, -0.25) is 28.8 Å². The smallest absolute Gasteiger partial charge is 0.303 e. The molecule has 0 atom stereocenters. The molecule has 0 saturated heterocycles. The van der Waals surface area contributed by atoms with Crippen molar-refractivity contribution in [3.05, 3.63) is 33.4 Å². The van der Waals surface area contributed by atoms with Gasteiger partial charge >= 0.3 is 35.8 Å². The van der Waals surface area contributed by atoms with E-state index in [9.17, 15) is 28.8 Å². The lowest BCUT2D eigenvalue weighted by atomic mass is 9.87. The molecule has 12 heteroatoms. The molecule has 222 valence electrons. The maximum Gasteiger partial charge on any atom is 0.303 e. The van der Waals surface area contributed by atoms with Crippen LogP contribution in [-0.4, -0.2) is 55.6 Å². The van der Waals surface area contributed by atoms with E-state index in [1.165, 1.54) is 41.5 Å². The molecule has 0 saturated carbocycles. The first-order valence-electron chi connectivity index (χ1n) is 12.3. The van der Waals surface area contributed by atoms with E-state index < -0.39 is 35.8 Å². The van der Waals surface area contributed by atoms with E-state index in [2.05, 4.69) is 35.5 Å². The van der Waals surface area contributed by atoms with Gasteiger partial charge in [0.25, 0.3) is 0 Å². The molecule has 0 amide bonds. The highest BCUT2D eigenvalue weighted by Crippen LogP contribution is 2.30. The van der Waals surface area contributed by atoms with Gasteiger partial charge in [-0.2, -0.15) is 0 Å². The molecule has 0 aromatic heterocycles. The molecule has 0 aliphatic rings. The summed E-state index contributed by atoms with van der Waals surface area (Å²) in [4.78, 5) is 69.2. The molecule has 1 aromatic carbocycles. The SMILES string of the molecule is CC(=O)OCC#Cc1c(C#CCOC(C)=O)c(COC(C)=O)c(COC(C)=O)c(C#CCOC(C)=O)c1COC(C)=O. The molecule has 0 bridgehead atoms. The minimum Gasteiger partial charge on any atom is -0.461 e. The van der Waals surface area contributed by atoms with Crippen molar-refractivity contribution in [1.29, 1.82) is 0 Å². The van der Waals surface area contributed by atoms with Crippen LogP contribution >= 0.6 is 0 Å². The van der Waals surface area contributed by atoms with Crippen LogP contribution in [0, 0.1) is 35.5 Å². The van der Waals surface area contributed by atoms with Crippen molar-refractivity contribution in [2.24, 2.45) is 0 Å². The lowest BCUT2D eigenvalue weighted by Crippen LogP contribution is -2.15.